The molecule has 1 N–H and O–H groups in total. The summed E-state index contributed by atoms with van der Waals surface area (Å²) >= 11 is 3.34. The summed E-state index contributed by atoms with van der Waals surface area (Å²) in [6.45, 7) is 0. The normalized spacial score (nSPS) is 10.6. The second-order valence-corrected chi connectivity index (χ2v) is 5.15. The minimum atomic E-state index is -0.261. The van der Waals surface area contributed by atoms with E-state index in [4.69, 9.17) is 4.74 Å². The molecule has 0 fully saturated rings. The summed E-state index contributed by atoms with van der Waals surface area (Å²) in [7, 11) is 1.58. The third-order valence-electron chi connectivity index (χ3n) is 2.84. The van der Waals surface area contributed by atoms with Gasteiger partial charge in [0.05, 0.1) is 11.6 Å². The molecule has 0 aliphatic rings. The maximum atomic E-state index is 11.9. The third-order valence-corrected chi connectivity index (χ3v) is 3.46. The Bertz CT molecular complexity index is 642. The molecule has 2 rings (SSSR count). The van der Waals surface area contributed by atoms with Crippen molar-refractivity contribution in [3.8, 4) is 5.75 Å². The number of methoxy groups -OCH3 is 1. The number of carbonyl (C=O) groups is 1. The zero-order chi connectivity index (χ0) is 15.1. The molecule has 2 aromatic rings. The molecule has 4 nitrogen and oxygen atoms in total. The first-order valence-electron chi connectivity index (χ1n) is 6.40. The zero-order valence-electron chi connectivity index (χ0n) is 11.5. The fourth-order valence-corrected chi connectivity index (χ4v) is 2.28. The molecule has 0 saturated heterocycles. The molecule has 0 saturated carbocycles. The van der Waals surface area contributed by atoms with E-state index in [0.29, 0.717) is 17.7 Å². The molecule has 0 heterocycles. The maximum absolute atomic E-state index is 11.9. The molecular formula is C16H15BrN2O2. The highest BCUT2D eigenvalue weighted by Gasteiger charge is 2.07. The number of hydrogen-bond acceptors (Lipinski definition) is 3. The fraction of sp³-hybridized carbons (Fsp3) is 0.125. The molecule has 21 heavy (non-hydrogen) atoms. The number of carbonyl (C=O) groups excluding carboxylic acids is 1. The summed E-state index contributed by atoms with van der Waals surface area (Å²) in [5, 5.41) is 3.94. The van der Waals surface area contributed by atoms with Gasteiger partial charge in [0.2, 0.25) is 0 Å². The van der Waals surface area contributed by atoms with Crippen LogP contribution in [0.25, 0.3) is 0 Å². The van der Waals surface area contributed by atoms with E-state index in [1.807, 2.05) is 30.3 Å². The van der Waals surface area contributed by atoms with Crippen molar-refractivity contribution < 1.29 is 9.53 Å². The van der Waals surface area contributed by atoms with E-state index < -0.39 is 0 Å². The Morgan fingerprint density at radius 1 is 1.29 bits per heavy atom. The molecule has 0 radical (unpaired) electrons. The summed E-state index contributed by atoms with van der Waals surface area (Å²) in [4.78, 5) is 11.9. The molecule has 0 atom stereocenters. The molecule has 2 aromatic carbocycles. The van der Waals surface area contributed by atoms with Gasteiger partial charge in [-0.15, -0.1) is 0 Å². The average Bonchev–Trinajstić information content (AvgIpc) is 2.52. The van der Waals surface area contributed by atoms with Crippen molar-refractivity contribution in [1.82, 2.24) is 5.43 Å². The molecule has 0 unspecified atom stereocenters. The number of amides is 1. The Labute approximate surface area is 132 Å². The Morgan fingerprint density at radius 2 is 2.05 bits per heavy atom. The molecule has 5 heteroatoms. The first-order chi connectivity index (χ1) is 10.2. The lowest BCUT2D eigenvalue weighted by molar-refractivity contribution is 0.0955. The highest BCUT2D eigenvalue weighted by atomic mass is 79.9. The number of hydrazone groups is 1. The fourth-order valence-electron chi connectivity index (χ4n) is 1.74. The summed E-state index contributed by atoms with van der Waals surface area (Å²) < 4.78 is 5.85. The monoisotopic (exact) mass is 346 g/mol. The van der Waals surface area contributed by atoms with Gasteiger partial charge in [0.1, 0.15) is 5.75 Å². The smallest absolute Gasteiger partial charge is 0.271 e. The van der Waals surface area contributed by atoms with Crippen LogP contribution >= 0.6 is 15.9 Å². The van der Waals surface area contributed by atoms with Gasteiger partial charge < -0.3 is 4.74 Å². The van der Waals surface area contributed by atoms with Crippen LogP contribution in [0.1, 0.15) is 15.9 Å². The molecule has 0 bridgehead atoms. The van der Waals surface area contributed by atoms with Crippen LogP contribution in [0, 0.1) is 0 Å². The van der Waals surface area contributed by atoms with Gasteiger partial charge in [-0.05, 0) is 39.7 Å². The molecule has 0 aliphatic carbocycles. The minimum absolute atomic E-state index is 0.261. The number of rotatable bonds is 5. The number of ether oxygens (including phenoxy) is 1. The van der Waals surface area contributed by atoms with Gasteiger partial charge in [0.25, 0.3) is 5.91 Å². The summed E-state index contributed by atoms with van der Waals surface area (Å²) in [5.74, 6) is 0.418. The number of nitrogens with zero attached hydrogens (tertiary/aromatic N) is 1. The average molecular weight is 347 g/mol. The van der Waals surface area contributed by atoms with Crippen LogP contribution in [0.4, 0.5) is 0 Å². The predicted octanol–water partition coefficient (Wildman–Crippen LogP) is 3.42. The quantitative estimate of drug-likeness (QED) is 0.666. The van der Waals surface area contributed by atoms with Crippen molar-refractivity contribution >= 4 is 28.1 Å². The second-order valence-electron chi connectivity index (χ2n) is 4.29. The highest BCUT2D eigenvalue weighted by Crippen LogP contribution is 2.25. The van der Waals surface area contributed by atoms with E-state index in [1.165, 1.54) is 0 Å². The van der Waals surface area contributed by atoms with Crippen molar-refractivity contribution in [1.29, 1.82) is 0 Å². The van der Waals surface area contributed by atoms with Crippen molar-refractivity contribution in [3.05, 3.63) is 64.1 Å². The number of nitrogens with one attached hydrogen (secondary N) is 1. The molecule has 108 valence electrons. The third kappa shape index (κ3) is 4.43. The lowest BCUT2D eigenvalue weighted by atomic mass is 10.2. The van der Waals surface area contributed by atoms with Gasteiger partial charge in [-0.25, -0.2) is 5.43 Å². The Kier molecular flexibility index (Phi) is 5.51. The van der Waals surface area contributed by atoms with Crippen molar-refractivity contribution in [2.24, 2.45) is 5.10 Å². The maximum Gasteiger partial charge on any atom is 0.271 e. The summed E-state index contributed by atoms with van der Waals surface area (Å²) in [6, 6.07) is 15.0. The number of hydrogen-bond donors (Lipinski definition) is 1. The first kappa shape index (κ1) is 15.3. The molecule has 0 spiro atoms. The van der Waals surface area contributed by atoms with E-state index >= 15 is 0 Å². The topological polar surface area (TPSA) is 50.7 Å². The molecular weight excluding hydrogens is 332 g/mol. The van der Waals surface area contributed by atoms with Gasteiger partial charge in [0.15, 0.2) is 0 Å². The Morgan fingerprint density at radius 3 is 2.71 bits per heavy atom. The van der Waals surface area contributed by atoms with E-state index in [2.05, 4.69) is 26.5 Å². The Balaban J connectivity index is 1.91. The standard InChI is InChI=1S/C16H15BrN2O2/c1-21-15-8-7-13(11-14(15)17)16(20)19-18-10-9-12-5-3-2-4-6-12/h2-8,10-11H,9H2,1H3,(H,19,20)/b18-10+. The largest absolute Gasteiger partial charge is 0.496 e. The van der Waals surface area contributed by atoms with Crippen LogP contribution < -0.4 is 10.2 Å². The van der Waals surface area contributed by atoms with E-state index in [-0.39, 0.29) is 5.91 Å². The van der Waals surface area contributed by atoms with Crippen molar-refractivity contribution in [2.45, 2.75) is 6.42 Å². The summed E-state index contributed by atoms with van der Waals surface area (Å²) in [5.41, 5.74) is 4.16. The van der Waals surface area contributed by atoms with E-state index in [1.54, 1.807) is 31.5 Å². The predicted molar refractivity (Wildman–Crippen MR) is 86.8 cm³/mol. The van der Waals surface area contributed by atoms with Crippen LogP contribution in [0.2, 0.25) is 0 Å². The van der Waals surface area contributed by atoms with Crippen LogP contribution in [0.3, 0.4) is 0 Å². The van der Waals surface area contributed by atoms with Crippen LogP contribution in [-0.2, 0) is 6.42 Å². The van der Waals surface area contributed by atoms with Gasteiger partial charge in [-0.2, -0.15) is 5.10 Å². The van der Waals surface area contributed by atoms with Crippen molar-refractivity contribution in [3.63, 3.8) is 0 Å². The second kappa shape index (κ2) is 7.59. The summed E-state index contributed by atoms with van der Waals surface area (Å²) in [6.07, 6.45) is 2.35. The number of halogens is 1. The van der Waals surface area contributed by atoms with Crippen molar-refractivity contribution in [2.75, 3.05) is 7.11 Å². The van der Waals surface area contributed by atoms with Crippen LogP contribution in [0.15, 0.2) is 58.1 Å². The minimum Gasteiger partial charge on any atom is -0.496 e. The lowest BCUT2D eigenvalue weighted by Crippen LogP contribution is -2.17. The van der Waals surface area contributed by atoms with Gasteiger partial charge in [-0.3, -0.25) is 4.79 Å². The van der Waals surface area contributed by atoms with E-state index in [0.717, 1.165) is 10.0 Å². The van der Waals surface area contributed by atoms with E-state index in [9.17, 15) is 4.79 Å². The molecule has 0 aliphatic heterocycles. The SMILES string of the molecule is COc1ccc(C(=O)N/N=C/Cc2ccccc2)cc1Br. The zero-order valence-corrected chi connectivity index (χ0v) is 13.1. The van der Waals surface area contributed by atoms with Gasteiger partial charge in [0, 0.05) is 18.2 Å². The molecule has 1 amide bonds. The highest BCUT2D eigenvalue weighted by molar-refractivity contribution is 9.10. The van der Waals surface area contributed by atoms with Gasteiger partial charge >= 0.3 is 0 Å². The molecule has 0 aromatic heterocycles. The van der Waals surface area contributed by atoms with Crippen LogP contribution in [-0.4, -0.2) is 19.2 Å². The van der Waals surface area contributed by atoms with Gasteiger partial charge in [-0.1, -0.05) is 30.3 Å². The number of benzene rings is 2. The Hall–Kier alpha value is -2.14. The first-order valence-corrected chi connectivity index (χ1v) is 7.19. The van der Waals surface area contributed by atoms with Crippen LogP contribution in [0.5, 0.6) is 5.75 Å². The lowest BCUT2D eigenvalue weighted by Gasteiger charge is -2.05.